The molecule has 1 aromatic carbocycles. The molecule has 6 heteroatoms. The number of fused-ring (bicyclic) bond motifs is 1. The first-order valence-corrected chi connectivity index (χ1v) is 8.49. The van der Waals surface area contributed by atoms with E-state index in [1.807, 2.05) is 0 Å². The Morgan fingerprint density at radius 1 is 1.14 bits per heavy atom. The molecule has 2 fully saturated rings. The standard InChI is InChI=1S/C16H19N3O2S/c1-17-3-5-18(6-4-17)14-10-12(19-7-8-21-16(19)20)11-15-13(14)2-9-22-15/h2,9-11H,3-8H2,1H3. The highest BCUT2D eigenvalue weighted by Gasteiger charge is 2.26. The maximum Gasteiger partial charge on any atom is 0.414 e. The van der Waals surface area contributed by atoms with Gasteiger partial charge in [0.1, 0.15) is 6.61 Å². The van der Waals surface area contributed by atoms with Crippen LogP contribution >= 0.6 is 11.3 Å². The van der Waals surface area contributed by atoms with Gasteiger partial charge in [0.15, 0.2) is 0 Å². The van der Waals surface area contributed by atoms with Gasteiger partial charge in [-0.3, -0.25) is 4.90 Å². The molecule has 5 nitrogen and oxygen atoms in total. The molecule has 0 spiro atoms. The van der Waals surface area contributed by atoms with Gasteiger partial charge in [-0.15, -0.1) is 11.3 Å². The molecule has 2 aromatic rings. The molecule has 0 aliphatic carbocycles. The van der Waals surface area contributed by atoms with Gasteiger partial charge in [0.25, 0.3) is 0 Å². The third-order valence-electron chi connectivity index (χ3n) is 4.45. The van der Waals surface area contributed by atoms with Gasteiger partial charge in [-0.1, -0.05) is 0 Å². The van der Waals surface area contributed by atoms with Crippen molar-refractivity contribution in [3.05, 3.63) is 23.6 Å². The molecule has 22 heavy (non-hydrogen) atoms. The van der Waals surface area contributed by atoms with Crippen molar-refractivity contribution in [2.45, 2.75) is 0 Å². The van der Waals surface area contributed by atoms with Crippen LogP contribution in [0.1, 0.15) is 0 Å². The number of anilines is 2. The van der Waals surface area contributed by atoms with Gasteiger partial charge in [-0.05, 0) is 30.6 Å². The van der Waals surface area contributed by atoms with E-state index in [0.717, 1.165) is 31.9 Å². The molecule has 2 aliphatic heterocycles. The summed E-state index contributed by atoms with van der Waals surface area (Å²) in [6, 6.07) is 6.43. The average molecular weight is 317 g/mol. The lowest BCUT2D eigenvalue weighted by Crippen LogP contribution is -2.44. The Balaban J connectivity index is 1.75. The molecular formula is C16H19N3O2S. The Bertz CT molecular complexity index is 706. The van der Waals surface area contributed by atoms with Gasteiger partial charge in [0, 0.05) is 42.0 Å². The SMILES string of the molecule is CN1CCN(c2cc(N3CCOC3=O)cc3sccc23)CC1. The molecule has 0 saturated carbocycles. The second-order valence-electron chi connectivity index (χ2n) is 5.85. The quantitative estimate of drug-likeness (QED) is 0.853. The van der Waals surface area contributed by atoms with Gasteiger partial charge in [-0.25, -0.2) is 4.79 Å². The number of carbonyl (C=O) groups is 1. The zero-order chi connectivity index (χ0) is 15.1. The highest BCUT2D eigenvalue weighted by Crippen LogP contribution is 2.36. The predicted octanol–water partition coefficient (Wildman–Crippen LogP) is 2.61. The molecule has 3 heterocycles. The van der Waals surface area contributed by atoms with Crippen LogP contribution in [0.5, 0.6) is 0 Å². The van der Waals surface area contributed by atoms with Crippen LogP contribution in [-0.2, 0) is 4.74 Å². The van der Waals surface area contributed by atoms with Crippen LogP contribution in [-0.4, -0.2) is 57.4 Å². The molecule has 2 aliphatic rings. The maximum atomic E-state index is 11.9. The van der Waals surface area contributed by atoms with Crippen molar-refractivity contribution in [1.82, 2.24) is 4.90 Å². The first-order chi connectivity index (χ1) is 10.7. The number of piperazine rings is 1. The summed E-state index contributed by atoms with van der Waals surface area (Å²) in [7, 11) is 2.16. The molecule has 116 valence electrons. The molecule has 1 amide bonds. The van der Waals surface area contributed by atoms with E-state index in [1.165, 1.54) is 15.8 Å². The lowest BCUT2D eigenvalue weighted by molar-refractivity contribution is 0.181. The smallest absolute Gasteiger partial charge is 0.414 e. The number of thiophene rings is 1. The third kappa shape index (κ3) is 2.32. The molecule has 0 bridgehead atoms. The summed E-state index contributed by atoms with van der Waals surface area (Å²) in [5.41, 5.74) is 2.19. The van der Waals surface area contributed by atoms with E-state index in [-0.39, 0.29) is 6.09 Å². The molecular weight excluding hydrogens is 298 g/mol. The molecule has 0 unspecified atom stereocenters. The fraction of sp³-hybridized carbons (Fsp3) is 0.438. The monoisotopic (exact) mass is 317 g/mol. The lowest BCUT2D eigenvalue weighted by atomic mass is 10.1. The predicted molar refractivity (Wildman–Crippen MR) is 90.2 cm³/mol. The summed E-state index contributed by atoms with van der Waals surface area (Å²) < 4.78 is 6.31. The largest absolute Gasteiger partial charge is 0.447 e. The minimum Gasteiger partial charge on any atom is -0.447 e. The zero-order valence-electron chi connectivity index (χ0n) is 12.6. The van der Waals surface area contributed by atoms with Crippen LogP contribution in [0.15, 0.2) is 23.6 Å². The maximum absolute atomic E-state index is 11.9. The normalized spacial score (nSPS) is 20.0. The van der Waals surface area contributed by atoms with Crippen molar-refractivity contribution in [2.24, 2.45) is 0 Å². The van der Waals surface area contributed by atoms with Crippen molar-refractivity contribution in [1.29, 1.82) is 0 Å². The van der Waals surface area contributed by atoms with Crippen LogP contribution < -0.4 is 9.80 Å². The van der Waals surface area contributed by atoms with E-state index < -0.39 is 0 Å². The summed E-state index contributed by atoms with van der Waals surface area (Å²) >= 11 is 1.72. The minimum atomic E-state index is -0.236. The molecule has 2 saturated heterocycles. The highest BCUT2D eigenvalue weighted by molar-refractivity contribution is 7.17. The Labute approximate surface area is 133 Å². The van der Waals surface area contributed by atoms with Gasteiger partial charge < -0.3 is 14.5 Å². The van der Waals surface area contributed by atoms with E-state index >= 15 is 0 Å². The lowest BCUT2D eigenvalue weighted by Gasteiger charge is -2.35. The fourth-order valence-electron chi connectivity index (χ4n) is 3.13. The van der Waals surface area contributed by atoms with E-state index in [1.54, 1.807) is 16.2 Å². The number of benzene rings is 1. The first-order valence-electron chi connectivity index (χ1n) is 7.61. The summed E-state index contributed by atoms with van der Waals surface area (Å²) in [6.07, 6.45) is -0.236. The summed E-state index contributed by atoms with van der Waals surface area (Å²) in [5, 5.41) is 3.40. The summed E-state index contributed by atoms with van der Waals surface area (Å²) in [6.45, 7) is 5.30. The topological polar surface area (TPSA) is 36.0 Å². The van der Waals surface area contributed by atoms with Gasteiger partial charge in [0.05, 0.1) is 12.2 Å². The molecule has 4 rings (SSSR count). The number of rotatable bonds is 2. The Morgan fingerprint density at radius 3 is 2.68 bits per heavy atom. The summed E-state index contributed by atoms with van der Waals surface area (Å²) in [5.74, 6) is 0. The number of cyclic esters (lactones) is 1. The van der Waals surface area contributed by atoms with Gasteiger partial charge >= 0.3 is 6.09 Å². The Hall–Kier alpha value is -1.79. The van der Waals surface area contributed by atoms with E-state index in [0.29, 0.717) is 13.2 Å². The van der Waals surface area contributed by atoms with Crippen LogP contribution in [0, 0.1) is 0 Å². The Morgan fingerprint density at radius 2 is 1.95 bits per heavy atom. The van der Waals surface area contributed by atoms with Gasteiger partial charge in [-0.2, -0.15) is 0 Å². The number of hydrogen-bond acceptors (Lipinski definition) is 5. The van der Waals surface area contributed by atoms with Crippen LogP contribution in [0.4, 0.5) is 16.2 Å². The van der Waals surface area contributed by atoms with E-state index in [4.69, 9.17) is 4.74 Å². The number of amides is 1. The van der Waals surface area contributed by atoms with Crippen molar-refractivity contribution in [3.63, 3.8) is 0 Å². The Kier molecular flexibility index (Phi) is 3.43. The summed E-state index contributed by atoms with van der Waals surface area (Å²) in [4.78, 5) is 18.4. The van der Waals surface area contributed by atoms with Crippen molar-refractivity contribution >= 4 is 38.9 Å². The van der Waals surface area contributed by atoms with Crippen LogP contribution in [0.3, 0.4) is 0 Å². The number of likely N-dealkylation sites (N-methyl/N-ethyl adjacent to an activating group) is 1. The second kappa shape index (κ2) is 5.44. The minimum absolute atomic E-state index is 0.236. The van der Waals surface area contributed by atoms with Crippen LogP contribution in [0.25, 0.3) is 10.1 Å². The molecule has 0 N–H and O–H groups in total. The third-order valence-corrected chi connectivity index (χ3v) is 5.32. The molecule has 0 radical (unpaired) electrons. The van der Waals surface area contributed by atoms with E-state index in [2.05, 4.69) is 40.4 Å². The number of ether oxygens (including phenoxy) is 1. The van der Waals surface area contributed by atoms with Crippen molar-refractivity contribution in [2.75, 3.05) is 56.2 Å². The van der Waals surface area contributed by atoms with Crippen LogP contribution in [0.2, 0.25) is 0 Å². The zero-order valence-corrected chi connectivity index (χ0v) is 13.4. The second-order valence-corrected chi connectivity index (χ2v) is 6.80. The van der Waals surface area contributed by atoms with E-state index in [9.17, 15) is 4.79 Å². The number of carbonyl (C=O) groups excluding carboxylic acids is 1. The number of hydrogen-bond donors (Lipinski definition) is 0. The van der Waals surface area contributed by atoms with Gasteiger partial charge in [0.2, 0.25) is 0 Å². The highest BCUT2D eigenvalue weighted by atomic mass is 32.1. The fourth-order valence-corrected chi connectivity index (χ4v) is 3.97. The average Bonchev–Trinajstić information content (AvgIpc) is 3.15. The van der Waals surface area contributed by atoms with Crippen molar-refractivity contribution in [3.8, 4) is 0 Å². The number of nitrogens with zero attached hydrogens (tertiary/aromatic N) is 3. The van der Waals surface area contributed by atoms with Crippen molar-refractivity contribution < 1.29 is 9.53 Å². The first kappa shape index (κ1) is 13.8. The molecule has 0 atom stereocenters. The molecule has 1 aromatic heterocycles.